The summed E-state index contributed by atoms with van der Waals surface area (Å²) in [4.78, 5) is 11.7. The molecule has 2 aromatic heterocycles. The number of nitrogens with zero attached hydrogens (tertiary/aromatic N) is 3. The number of aromatic amines is 1. The van der Waals surface area contributed by atoms with E-state index >= 15 is 0 Å². The Morgan fingerprint density at radius 2 is 1.73 bits per heavy atom. The summed E-state index contributed by atoms with van der Waals surface area (Å²) in [7, 11) is 0. The first kappa shape index (κ1) is 21.9. The Hall–Kier alpha value is -2.91. The smallest absolute Gasteiger partial charge is 0.157 e. The largest absolute Gasteiger partial charge is 0.374 e. The summed E-state index contributed by atoms with van der Waals surface area (Å²) in [6.07, 6.45) is 3.94. The number of imidazole rings is 1. The van der Waals surface area contributed by atoms with Gasteiger partial charge >= 0.3 is 0 Å². The summed E-state index contributed by atoms with van der Waals surface area (Å²) in [5.41, 5.74) is 3.84. The lowest BCUT2D eigenvalue weighted by Gasteiger charge is -2.19. The summed E-state index contributed by atoms with van der Waals surface area (Å²) >= 11 is 5.28. The summed E-state index contributed by atoms with van der Waals surface area (Å²) in [5, 5.41) is 0. The zero-order valence-corrected chi connectivity index (χ0v) is 19.0. The SMILES string of the molecule is S=c1nc[nH]c2c1ncn2C[C@H]1C[C@H](OCc2ccccc2)[C@@H](COCc2ccccc2)O1. The van der Waals surface area contributed by atoms with E-state index in [9.17, 15) is 0 Å². The van der Waals surface area contributed by atoms with Gasteiger partial charge in [0.05, 0.1) is 51.2 Å². The van der Waals surface area contributed by atoms with E-state index in [1.54, 1.807) is 12.7 Å². The first-order valence-electron chi connectivity index (χ1n) is 11.1. The highest BCUT2D eigenvalue weighted by Crippen LogP contribution is 2.27. The highest BCUT2D eigenvalue weighted by molar-refractivity contribution is 7.71. The maximum Gasteiger partial charge on any atom is 0.157 e. The van der Waals surface area contributed by atoms with Crippen LogP contribution in [0.1, 0.15) is 17.5 Å². The van der Waals surface area contributed by atoms with Crippen LogP contribution in [0.4, 0.5) is 0 Å². The van der Waals surface area contributed by atoms with Crippen LogP contribution in [0.15, 0.2) is 73.3 Å². The van der Waals surface area contributed by atoms with Gasteiger partial charge in [0.15, 0.2) is 4.64 Å². The van der Waals surface area contributed by atoms with Crippen molar-refractivity contribution in [1.29, 1.82) is 0 Å². The topological polar surface area (TPSA) is 74.2 Å². The van der Waals surface area contributed by atoms with Gasteiger partial charge in [-0.2, -0.15) is 0 Å². The zero-order chi connectivity index (χ0) is 22.5. The quantitative estimate of drug-likeness (QED) is 0.371. The van der Waals surface area contributed by atoms with Gasteiger partial charge in [0.25, 0.3) is 0 Å². The molecular formula is C25H26N4O3S. The molecule has 3 heterocycles. The molecule has 3 atom stereocenters. The van der Waals surface area contributed by atoms with Gasteiger partial charge in [-0.05, 0) is 11.1 Å². The van der Waals surface area contributed by atoms with Gasteiger partial charge in [-0.25, -0.2) is 9.97 Å². The molecule has 0 unspecified atom stereocenters. The van der Waals surface area contributed by atoms with Gasteiger partial charge in [-0.3, -0.25) is 0 Å². The number of hydrogen-bond acceptors (Lipinski definition) is 6. The standard InChI is InChI=1S/C25H26N4O3S/c33-25-23-24(26-16-27-25)29(17-28-23)12-20-11-21(31-14-19-9-5-2-6-10-19)22(32-20)15-30-13-18-7-3-1-4-8-18/h1-10,16-17,20-22H,11-15H2,(H,26,27,33)/t20-,21+,22-/m1/s1. The molecule has 170 valence electrons. The number of fused-ring (bicyclic) bond motifs is 1. The molecule has 33 heavy (non-hydrogen) atoms. The monoisotopic (exact) mass is 462 g/mol. The number of rotatable bonds is 9. The van der Waals surface area contributed by atoms with Crippen LogP contribution in [0, 0.1) is 4.64 Å². The van der Waals surface area contributed by atoms with Crippen molar-refractivity contribution < 1.29 is 14.2 Å². The van der Waals surface area contributed by atoms with Gasteiger partial charge in [-0.1, -0.05) is 72.9 Å². The summed E-state index contributed by atoms with van der Waals surface area (Å²) in [6, 6.07) is 20.4. The van der Waals surface area contributed by atoms with Gasteiger partial charge < -0.3 is 23.8 Å². The van der Waals surface area contributed by atoms with Crippen molar-refractivity contribution in [1.82, 2.24) is 19.5 Å². The Kier molecular flexibility index (Phi) is 6.87. The molecule has 2 aromatic carbocycles. The van der Waals surface area contributed by atoms with Gasteiger partial charge in [0.2, 0.25) is 0 Å². The molecule has 0 aliphatic carbocycles. The molecule has 1 N–H and O–H groups in total. The molecule has 7 nitrogen and oxygen atoms in total. The van der Waals surface area contributed by atoms with Gasteiger partial charge in [0, 0.05) is 6.42 Å². The zero-order valence-electron chi connectivity index (χ0n) is 18.2. The van der Waals surface area contributed by atoms with Crippen molar-refractivity contribution in [3.63, 3.8) is 0 Å². The van der Waals surface area contributed by atoms with Crippen molar-refractivity contribution in [3.05, 3.63) is 89.1 Å². The lowest BCUT2D eigenvalue weighted by molar-refractivity contribution is -0.0726. The van der Waals surface area contributed by atoms with Crippen LogP contribution in [0.25, 0.3) is 11.2 Å². The third-order valence-corrected chi connectivity index (χ3v) is 6.10. The fourth-order valence-electron chi connectivity index (χ4n) is 4.15. The minimum Gasteiger partial charge on any atom is -0.374 e. The lowest BCUT2D eigenvalue weighted by atomic mass is 10.1. The molecule has 8 heteroatoms. The molecule has 0 spiro atoms. The first-order valence-corrected chi connectivity index (χ1v) is 11.5. The third-order valence-electron chi connectivity index (χ3n) is 5.80. The van der Waals surface area contributed by atoms with E-state index < -0.39 is 0 Å². The molecule has 4 aromatic rings. The second kappa shape index (κ2) is 10.4. The van der Waals surface area contributed by atoms with Crippen molar-refractivity contribution in [2.75, 3.05) is 6.61 Å². The van der Waals surface area contributed by atoms with E-state index in [0.29, 0.717) is 36.5 Å². The number of nitrogens with one attached hydrogen (secondary N) is 1. The van der Waals surface area contributed by atoms with Gasteiger partial charge in [0.1, 0.15) is 17.3 Å². The Labute approximate surface area is 197 Å². The molecule has 1 saturated heterocycles. The van der Waals surface area contributed by atoms with E-state index in [0.717, 1.165) is 23.2 Å². The molecule has 0 bridgehead atoms. The predicted molar refractivity (Wildman–Crippen MR) is 127 cm³/mol. The highest BCUT2D eigenvalue weighted by Gasteiger charge is 2.36. The van der Waals surface area contributed by atoms with Crippen molar-refractivity contribution in [2.24, 2.45) is 0 Å². The van der Waals surface area contributed by atoms with E-state index in [2.05, 4.69) is 39.2 Å². The number of aromatic nitrogens is 4. The van der Waals surface area contributed by atoms with E-state index in [4.69, 9.17) is 26.4 Å². The summed E-state index contributed by atoms with van der Waals surface area (Å²) in [5.74, 6) is 0. The Balaban J connectivity index is 1.25. The van der Waals surface area contributed by atoms with Crippen LogP contribution in [0.3, 0.4) is 0 Å². The Bertz CT molecular complexity index is 1230. The molecule has 1 aliphatic heterocycles. The van der Waals surface area contributed by atoms with Gasteiger partial charge in [-0.15, -0.1) is 0 Å². The molecule has 0 amide bonds. The number of benzene rings is 2. The van der Waals surface area contributed by atoms with Crippen LogP contribution in [0.2, 0.25) is 0 Å². The van der Waals surface area contributed by atoms with Crippen molar-refractivity contribution in [2.45, 2.75) is 44.5 Å². The Morgan fingerprint density at radius 3 is 2.48 bits per heavy atom. The molecule has 5 rings (SSSR count). The Morgan fingerprint density at radius 1 is 1.00 bits per heavy atom. The lowest BCUT2D eigenvalue weighted by Crippen LogP contribution is -2.29. The minimum absolute atomic E-state index is 0.0244. The van der Waals surface area contributed by atoms with Crippen LogP contribution >= 0.6 is 12.2 Å². The molecular weight excluding hydrogens is 436 g/mol. The van der Waals surface area contributed by atoms with Crippen molar-refractivity contribution in [3.8, 4) is 0 Å². The maximum atomic E-state index is 6.40. The minimum atomic E-state index is -0.141. The average molecular weight is 463 g/mol. The first-order chi connectivity index (χ1) is 16.3. The second-order valence-electron chi connectivity index (χ2n) is 8.17. The van der Waals surface area contributed by atoms with Crippen LogP contribution in [0.5, 0.6) is 0 Å². The third kappa shape index (κ3) is 5.36. The highest BCUT2D eigenvalue weighted by atomic mass is 32.1. The van der Waals surface area contributed by atoms with E-state index in [1.807, 2.05) is 41.0 Å². The van der Waals surface area contributed by atoms with Crippen LogP contribution in [-0.4, -0.2) is 44.4 Å². The average Bonchev–Trinajstić information content (AvgIpc) is 3.44. The summed E-state index contributed by atoms with van der Waals surface area (Å²) in [6.45, 7) is 2.21. The molecule has 1 aliphatic rings. The van der Waals surface area contributed by atoms with E-state index in [1.165, 1.54) is 0 Å². The normalized spacial score (nSPS) is 20.4. The number of ether oxygens (including phenoxy) is 3. The predicted octanol–water partition coefficient (Wildman–Crippen LogP) is 4.45. The number of H-pyrrole nitrogens is 1. The maximum absolute atomic E-state index is 6.40. The van der Waals surface area contributed by atoms with Crippen LogP contribution in [-0.2, 0) is 34.0 Å². The van der Waals surface area contributed by atoms with Crippen molar-refractivity contribution >= 4 is 23.4 Å². The fourth-order valence-corrected chi connectivity index (χ4v) is 4.35. The summed E-state index contributed by atoms with van der Waals surface area (Å²) < 4.78 is 21.2. The fraction of sp³-hybridized carbons (Fsp3) is 0.320. The molecule has 0 radical (unpaired) electrons. The van der Waals surface area contributed by atoms with Crippen LogP contribution < -0.4 is 0 Å². The molecule has 1 fully saturated rings. The second-order valence-corrected chi connectivity index (χ2v) is 8.56. The molecule has 0 saturated carbocycles. The number of hydrogen-bond donors (Lipinski definition) is 1. The van der Waals surface area contributed by atoms with E-state index in [-0.39, 0.29) is 18.3 Å².